The van der Waals surface area contributed by atoms with Crippen LogP contribution >= 0.6 is 0 Å². The molecule has 1 aromatic heterocycles. The number of primary amides is 2. The van der Waals surface area contributed by atoms with Crippen molar-refractivity contribution in [3.8, 4) is 22.8 Å². The van der Waals surface area contributed by atoms with Gasteiger partial charge in [-0.05, 0) is 18.2 Å². The fourth-order valence-electron chi connectivity index (χ4n) is 1.69. The molecular formula is C12H13N5O4. The molecule has 2 amide bonds. The molecular weight excluding hydrogens is 278 g/mol. The van der Waals surface area contributed by atoms with Gasteiger partial charge in [-0.15, -0.1) is 0 Å². The monoisotopic (exact) mass is 291 g/mol. The molecule has 0 aliphatic heterocycles. The van der Waals surface area contributed by atoms with Crippen LogP contribution in [0.4, 0.5) is 0 Å². The quantitative estimate of drug-likeness (QED) is 0.650. The summed E-state index contributed by atoms with van der Waals surface area (Å²) in [7, 11) is 1.44. The molecule has 9 heteroatoms. The van der Waals surface area contributed by atoms with Gasteiger partial charge in [0.15, 0.2) is 23.8 Å². The van der Waals surface area contributed by atoms with E-state index >= 15 is 0 Å². The summed E-state index contributed by atoms with van der Waals surface area (Å²) in [5.74, 6) is -0.614. The largest absolute Gasteiger partial charge is 0.493 e. The van der Waals surface area contributed by atoms with Crippen molar-refractivity contribution >= 4 is 11.8 Å². The zero-order chi connectivity index (χ0) is 15.4. The second-order valence-electron chi connectivity index (χ2n) is 4.01. The van der Waals surface area contributed by atoms with Gasteiger partial charge in [0.25, 0.3) is 11.8 Å². The minimum atomic E-state index is -0.702. The van der Waals surface area contributed by atoms with Crippen molar-refractivity contribution in [3.05, 3.63) is 23.9 Å². The Kier molecular flexibility index (Phi) is 4.02. The fourth-order valence-corrected chi connectivity index (χ4v) is 1.69. The van der Waals surface area contributed by atoms with Crippen molar-refractivity contribution in [2.75, 3.05) is 13.7 Å². The fraction of sp³-hybridized carbons (Fsp3) is 0.167. The van der Waals surface area contributed by atoms with Crippen molar-refractivity contribution in [2.24, 2.45) is 11.5 Å². The second kappa shape index (κ2) is 5.90. The second-order valence-corrected chi connectivity index (χ2v) is 4.01. The highest BCUT2D eigenvalue weighted by atomic mass is 16.5. The van der Waals surface area contributed by atoms with Crippen LogP contribution in [0.2, 0.25) is 0 Å². The number of hydrogen-bond acceptors (Lipinski definition) is 6. The molecule has 0 atom stereocenters. The van der Waals surface area contributed by atoms with Crippen LogP contribution in [0, 0.1) is 0 Å². The van der Waals surface area contributed by atoms with Crippen LogP contribution in [0.15, 0.2) is 18.2 Å². The number of ether oxygens (including phenoxy) is 2. The summed E-state index contributed by atoms with van der Waals surface area (Å²) in [5, 5.41) is 9.90. The van der Waals surface area contributed by atoms with Crippen molar-refractivity contribution in [1.82, 2.24) is 15.4 Å². The van der Waals surface area contributed by atoms with Gasteiger partial charge in [0.2, 0.25) is 0 Å². The van der Waals surface area contributed by atoms with Crippen LogP contribution in [-0.4, -0.2) is 40.9 Å². The third-order valence-corrected chi connectivity index (χ3v) is 2.59. The number of aromatic amines is 1. The number of carbonyl (C=O) groups excluding carboxylic acids is 2. The first kappa shape index (κ1) is 14.3. The summed E-state index contributed by atoms with van der Waals surface area (Å²) in [4.78, 5) is 22.0. The first-order valence-corrected chi connectivity index (χ1v) is 5.83. The van der Waals surface area contributed by atoms with Crippen LogP contribution in [0.5, 0.6) is 11.5 Å². The topological polar surface area (TPSA) is 146 Å². The van der Waals surface area contributed by atoms with Gasteiger partial charge in [0.05, 0.1) is 7.11 Å². The zero-order valence-electron chi connectivity index (χ0n) is 11.1. The van der Waals surface area contributed by atoms with Crippen molar-refractivity contribution in [1.29, 1.82) is 0 Å². The van der Waals surface area contributed by atoms with Gasteiger partial charge in [-0.3, -0.25) is 9.59 Å². The molecule has 5 N–H and O–H groups in total. The van der Waals surface area contributed by atoms with Crippen LogP contribution in [0.3, 0.4) is 0 Å². The van der Waals surface area contributed by atoms with Gasteiger partial charge in [-0.1, -0.05) is 0 Å². The molecule has 9 nitrogen and oxygen atoms in total. The molecule has 2 aromatic rings. The maximum absolute atomic E-state index is 11.2. The van der Waals surface area contributed by atoms with Crippen molar-refractivity contribution in [3.63, 3.8) is 0 Å². The Morgan fingerprint density at radius 1 is 1.24 bits per heavy atom. The minimum absolute atomic E-state index is 0.0165. The molecule has 21 heavy (non-hydrogen) atoms. The van der Waals surface area contributed by atoms with E-state index in [0.717, 1.165) is 0 Å². The summed E-state index contributed by atoms with van der Waals surface area (Å²) < 4.78 is 10.4. The highest BCUT2D eigenvalue weighted by molar-refractivity contribution is 5.96. The number of nitrogens with one attached hydrogen (secondary N) is 1. The molecule has 1 aromatic carbocycles. The number of methoxy groups -OCH3 is 1. The molecule has 0 aliphatic rings. The molecule has 0 saturated carbocycles. The van der Waals surface area contributed by atoms with Crippen LogP contribution in [-0.2, 0) is 4.79 Å². The van der Waals surface area contributed by atoms with E-state index in [1.165, 1.54) is 7.11 Å². The average molecular weight is 291 g/mol. The molecule has 0 spiro atoms. The predicted molar refractivity (Wildman–Crippen MR) is 71.6 cm³/mol. The molecule has 0 saturated heterocycles. The zero-order valence-corrected chi connectivity index (χ0v) is 11.1. The molecule has 110 valence electrons. The highest BCUT2D eigenvalue weighted by Gasteiger charge is 2.17. The molecule has 0 unspecified atom stereocenters. The number of hydrogen-bond donors (Lipinski definition) is 3. The predicted octanol–water partition coefficient (Wildman–Crippen LogP) is -0.557. The van der Waals surface area contributed by atoms with Crippen LogP contribution in [0.25, 0.3) is 11.3 Å². The first-order chi connectivity index (χ1) is 10.0. The van der Waals surface area contributed by atoms with Gasteiger partial charge in [-0.25, -0.2) is 0 Å². The molecule has 2 rings (SSSR count). The maximum atomic E-state index is 11.2. The lowest BCUT2D eigenvalue weighted by Gasteiger charge is -2.10. The molecule has 0 radical (unpaired) electrons. The summed E-state index contributed by atoms with van der Waals surface area (Å²) in [6.07, 6.45) is 0. The maximum Gasteiger partial charge on any atom is 0.271 e. The number of nitrogens with two attached hydrogens (primary N) is 2. The van der Waals surface area contributed by atoms with Gasteiger partial charge in [0.1, 0.15) is 5.69 Å². The Labute approximate surface area is 119 Å². The standard InChI is InChI=1S/C12H13N5O4/c1-20-8-4-6(2-3-7(8)21-5-9(13)18)10-11(12(14)19)16-17-15-10/h2-4H,5H2,1H3,(H2,13,18)(H2,14,19)(H,15,16,17). The lowest BCUT2D eigenvalue weighted by molar-refractivity contribution is -0.119. The van der Waals surface area contributed by atoms with Crippen LogP contribution < -0.4 is 20.9 Å². The van der Waals surface area contributed by atoms with E-state index in [1.807, 2.05) is 0 Å². The molecule has 0 aliphatic carbocycles. The third-order valence-electron chi connectivity index (χ3n) is 2.59. The molecule has 0 fully saturated rings. The Bertz CT molecular complexity index is 682. The normalized spacial score (nSPS) is 10.1. The first-order valence-electron chi connectivity index (χ1n) is 5.83. The smallest absolute Gasteiger partial charge is 0.271 e. The number of benzene rings is 1. The van der Waals surface area contributed by atoms with E-state index in [9.17, 15) is 9.59 Å². The SMILES string of the molecule is COc1cc(-c2n[nH]nc2C(N)=O)ccc1OCC(N)=O. The number of H-pyrrole nitrogens is 1. The lowest BCUT2D eigenvalue weighted by Crippen LogP contribution is -2.20. The number of rotatable bonds is 6. The van der Waals surface area contributed by atoms with Crippen molar-refractivity contribution < 1.29 is 19.1 Å². The summed E-state index contributed by atoms with van der Waals surface area (Å²) in [6.45, 7) is -0.272. The minimum Gasteiger partial charge on any atom is -0.493 e. The van der Waals surface area contributed by atoms with Gasteiger partial charge >= 0.3 is 0 Å². The van der Waals surface area contributed by atoms with Crippen LogP contribution in [0.1, 0.15) is 10.5 Å². The van der Waals surface area contributed by atoms with Crippen molar-refractivity contribution in [2.45, 2.75) is 0 Å². The summed E-state index contributed by atoms with van der Waals surface area (Å²) in [5.41, 5.74) is 11.1. The highest BCUT2D eigenvalue weighted by Crippen LogP contribution is 2.32. The summed E-state index contributed by atoms with van der Waals surface area (Å²) in [6, 6.07) is 4.78. The summed E-state index contributed by atoms with van der Waals surface area (Å²) >= 11 is 0. The van der Waals surface area contributed by atoms with Gasteiger partial charge < -0.3 is 20.9 Å². The Morgan fingerprint density at radius 2 is 2.00 bits per heavy atom. The Hall–Kier alpha value is -3.10. The van der Waals surface area contributed by atoms with E-state index in [1.54, 1.807) is 18.2 Å². The van der Waals surface area contributed by atoms with E-state index < -0.39 is 11.8 Å². The van der Waals surface area contributed by atoms with E-state index in [4.69, 9.17) is 20.9 Å². The van der Waals surface area contributed by atoms with E-state index in [2.05, 4.69) is 15.4 Å². The number of amides is 2. The number of carbonyl (C=O) groups is 2. The third kappa shape index (κ3) is 3.08. The van der Waals surface area contributed by atoms with E-state index in [-0.39, 0.29) is 12.3 Å². The van der Waals surface area contributed by atoms with E-state index in [0.29, 0.717) is 22.8 Å². The Balaban J connectivity index is 2.36. The number of aromatic nitrogens is 3. The van der Waals surface area contributed by atoms with Gasteiger partial charge in [-0.2, -0.15) is 15.4 Å². The molecule has 1 heterocycles. The van der Waals surface area contributed by atoms with Gasteiger partial charge in [0, 0.05) is 5.56 Å². The molecule has 0 bridgehead atoms. The average Bonchev–Trinajstić information content (AvgIpc) is 2.94. The Morgan fingerprint density at radius 3 is 2.62 bits per heavy atom. The number of nitrogens with zero attached hydrogens (tertiary/aromatic N) is 2. The lowest BCUT2D eigenvalue weighted by atomic mass is 10.1.